The van der Waals surface area contributed by atoms with Crippen LogP contribution in [-0.4, -0.2) is 344 Å². The molecule has 4 aliphatic heterocycles. The zero-order valence-corrected chi connectivity index (χ0v) is 76.8. The van der Waals surface area contributed by atoms with Gasteiger partial charge in [0.25, 0.3) is 0 Å². The number of piperazine rings is 2. The van der Waals surface area contributed by atoms with E-state index in [1.54, 1.807) is 13.2 Å². The number of rotatable bonds is 71. The zero-order chi connectivity index (χ0) is 89.4. The van der Waals surface area contributed by atoms with Gasteiger partial charge in [0, 0.05) is 160 Å². The van der Waals surface area contributed by atoms with Gasteiger partial charge in [0.1, 0.15) is 34.9 Å². The second kappa shape index (κ2) is 68.7. The van der Waals surface area contributed by atoms with E-state index in [9.17, 15) is 43.2 Å². The summed E-state index contributed by atoms with van der Waals surface area (Å²) < 4.78 is 71.0. The van der Waals surface area contributed by atoms with Crippen LogP contribution in [0, 0.1) is 11.8 Å². The molecule has 1 saturated carbocycles. The number of amides is 7. The molecule has 708 valence electrons. The molecule has 1 aliphatic carbocycles. The molecule has 0 bridgehead atoms. The van der Waals surface area contributed by atoms with Crippen molar-refractivity contribution in [3.8, 4) is 11.5 Å². The minimum absolute atomic E-state index is 0.0313. The molecule has 2 aromatic carbocycles. The molecule has 7 amide bonds. The van der Waals surface area contributed by atoms with Crippen LogP contribution in [0.3, 0.4) is 0 Å². The first-order chi connectivity index (χ1) is 61.1. The van der Waals surface area contributed by atoms with Crippen molar-refractivity contribution >= 4 is 87.8 Å². The quantitative estimate of drug-likeness (QED) is 0.0354. The molecule has 34 heteroatoms. The highest BCUT2D eigenvalue weighted by Gasteiger charge is 2.41. The number of halogens is 1. The molecule has 4 atom stereocenters. The van der Waals surface area contributed by atoms with Crippen molar-refractivity contribution in [2.75, 3.05) is 250 Å². The van der Waals surface area contributed by atoms with Crippen molar-refractivity contribution in [3.05, 3.63) is 53.1 Å². The lowest BCUT2D eigenvalue weighted by molar-refractivity contribution is -0.144. The predicted molar refractivity (Wildman–Crippen MR) is 480 cm³/mol. The summed E-state index contributed by atoms with van der Waals surface area (Å²) in [6, 6.07) is 12.6. The Balaban J connectivity index is 0.000000466. The molecular weight excluding hydrogens is 1650 g/mol. The maximum atomic E-state index is 14.1. The third-order valence-corrected chi connectivity index (χ3v) is 23.4. The number of hydrogen-bond acceptors (Lipinski definition) is 27. The Kier molecular flexibility index (Phi) is 59.0. The summed E-state index contributed by atoms with van der Waals surface area (Å²) in [7, 11) is 1.64. The van der Waals surface area contributed by atoms with Crippen LogP contribution in [0.5, 0.6) is 11.5 Å². The molecule has 0 radical (unpaired) electrons. The Morgan fingerprint density at radius 3 is 1.65 bits per heavy atom. The summed E-state index contributed by atoms with van der Waals surface area (Å²) in [6.07, 6.45) is 20.0. The van der Waals surface area contributed by atoms with E-state index in [4.69, 9.17) is 83.9 Å². The normalized spacial score (nSPS) is 16.9. The number of thioether (sulfide) groups is 1. The molecule has 32 nitrogen and oxygen atoms in total. The van der Waals surface area contributed by atoms with Crippen molar-refractivity contribution in [1.82, 2.24) is 40.4 Å². The second-order valence-electron chi connectivity index (χ2n) is 31.8. The summed E-state index contributed by atoms with van der Waals surface area (Å²) in [5, 5.41) is 8.95. The number of carbonyl (C=O) groups is 9. The summed E-state index contributed by atoms with van der Waals surface area (Å²) in [4.78, 5) is 130. The van der Waals surface area contributed by atoms with Gasteiger partial charge in [-0.1, -0.05) is 115 Å². The fourth-order valence-corrected chi connectivity index (χ4v) is 16.1. The number of nitrogens with two attached hydrogens (primary N) is 1. The molecule has 4 heterocycles. The van der Waals surface area contributed by atoms with Gasteiger partial charge < -0.3 is 93.1 Å². The highest BCUT2D eigenvalue weighted by Crippen LogP contribution is 2.40. The molecule has 7 rings (SSSR count). The summed E-state index contributed by atoms with van der Waals surface area (Å²) >= 11 is 7.80. The van der Waals surface area contributed by atoms with E-state index < -0.39 is 17.2 Å². The monoisotopic (exact) mass is 1800 g/mol. The van der Waals surface area contributed by atoms with E-state index in [1.807, 2.05) is 41.3 Å². The molecule has 0 spiro atoms. The Morgan fingerprint density at radius 1 is 0.520 bits per heavy atom. The Bertz CT molecular complexity index is 3380. The topological polar surface area (TPSA) is 364 Å². The lowest BCUT2D eigenvalue weighted by Gasteiger charge is -2.40. The smallest absolute Gasteiger partial charge is 0.242 e. The van der Waals surface area contributed by atoms with Gasteiger partial charge >= 0.3 is 0 Å². The number of imide groups is 1. The third-order valence-electron chi connectivity index (χ3n) is 22.0. The number of carbonyl (C=O) groups excluding carboxylic acids is 9. The van der Waals surface area contributed by atoms with Crippen LogP contribution >= 0.6 is 23.4 Å². The molecule has 5 aliphatic rings. The van der Waals surface area contributed by atoms with E-state index in [2.05, 4.69) is 44.5 Å². The van der Waals surface area contributed by atoms with Crippen LogP contribution in [0.15, 0.2) is 47.5 Å². The van der Waals surface area contributed by atoms with Crippen molar-refractivity contribution in [1.29, 1.82) is 0 Å². The molecule has 2 aromatic rings. The largest absolute Gasteiger partial charge is 0.454 e. The standard InChI is InChI=1S/C58H85ClN8O13S.C33H64N2O9/c1-2-28-74-30-32-76-34-36-78-38-39-79-37-35-77-33-31-75-29-7-8-45(68)15-18-67-54(70)42-52(58(67)73)81-40-17-60-53(69)43-64-22-20-63(21-23-64)19-16-61-56(71)46-9-3-4-10-47(46)57(72)66-26-24-65(25-27-66)55-48-41-44(59)13-14-50(48)80-51-12-6-5-11-49(51)62-55;1-3-4-5-6-7-8-9-10-14-17-32(37)35-31(33(34)38)16-13-11-12-15-30(36)18-19-40-22-23-42-26-27-44-29-28-43-25-24-41-21-20-39-2/h5-6,11-14,41,46-47,52H,2-4,7-10,15-40,42-43H2,1H3,(H,60,69)(H,61,71);31H,3-29H2,1-2H3,(H2,34,38)(H,35,37)/t46-,47+,52?;/m1./s1. The number of nitrogens with zero attached hydrogens (tertiary/aromatic N) is 6. The second-order valence-corrected chi connectivity index (χ2v) is 33.5. The van der Waals surface area contributed by atoms with E-state index in [0.29, 0.717) is 278 Å². The molecule has 5 N–H and O–H groups in total. The van der Waals surface area contributed by atoms with Crippen LogP contribution in [0.4, 0.5) is 5.69 Å². The average molecular weight is 1800 g/mol. The van der Waals surface area contributed by atoms with Crippen LogP contribution in [0.2, 0.25) is 5.02 Å². The van der Waals surface area contributed by atoms with Crippen molar-refractivity contribution in [3.63, 3.8) is 0 Å². The number of nitrogens with one attached hydrogen (secondary N) is 3. The Labute approximate surface area is 751 Å². The van der Waals surface area contributed by atoms with E-state index in [-0.39, 0.29) is 84.8 Å². The molecule has 0 aromatic heterocycles. The maximum absolute atomic E-state index is 14.1. The number of unbranched alkanes of at least 4 members (excludes halogenated alkanes) is 10. The number of ether oxygens (including phenoxy) is 13. The van der Waals surface area contributed by atoms with Crippen molar-refractivity contribution in [2.24, 2.45) is 22.6 Å². The van der Waals surface area contributed by atoms with Crippen LogP contribution in [0.1, 0.15) is 180 Å². The van der Waals surface area contributed by atoms with Crippen LogP contribution in [0.25, 0.3) is 0 Å². The van der Waals surface area contributed by atoms with Gasteiger partial charge in [-0.2, -0.15) is 0 Å². The van der Waals surface area contributed by atoms with Gasteiger partial charge in [-0.25, -0.2) is 4.99 Å². The van der Waals surface area contributed by atoms with Crippen molar-refractivity contribution in [2.45, 2.75) is 186 Å². The molecular formula is C91H149ClN10O22S. The van der Waals surface area contributed by atoms with Gasteiger partial charge in [-0.15, -0.1) is 11.8 Å². The number of benzene rings is 2. The SMILES string of the molecule is CCCCCCCCCCCC(=O)NC(CCCCCC(=O)CCOCCOCCOCCOCCOCCOC)C(N)=O.CCCOCCOCCOCCOCCOCCOCCCC(=O)CCN1C(=O)CC(SCCNC(=O)CN2CCN(CCNC(=O)[C@@H]3CCCC[C@@H]3C(=O)N3CCN(C4=Nc5ccccc5Oc5ccc(Cl)cc54)CC3)CC2)C1=O. The van der Waals surface area contributed by atoms with E-state index >= 15 is 0 Å². The lowest BCUT2D eigenvalue weighted by atomic mass is 9.77. The maximum Gasteiger partial charge on any atom is 0.242 e. The number of ketones is 2. The van der Waals surface area contributed by atoms with Gasteiger partial charge in [0.2, 0.25) is 41.4 Å². The minimum atomic E-state index is -0.644. The van der Waals surface area contributed by atoms with Gasteiger partial charge in [0.15, 0.2) is 5.75 Å². The van der Waals surface area contributed by atoms with Gasteiger partial charge in [-0.3, -0.25) is 57.9 Å². The fourth-order valence-electron chi connectivity index (χ4n) is 14.9. The Hall–Kier alpha value is -6.38. The zero-order valence-electron chi connectivity index (χ0n) is 75.2. The fraction of sp³-hybridized carbons (Fsp3) is 0.758. The summed E-state index contributed by atoms with van der Waals surface area (Å²) in [5.74, 6) is 0.718. The van der Waals surface area contributed by atoms with Crippen LogP contribution < -0.4 is 26.4 Å². The third kappa shape index (κ3) is 47.1. The van der Waals surface area contributed by atoms with E-state index in [1.165, 1.54) is 55.2 Å². The number of primary amides is 1. The van der Waals surface area contributed by atoms with E-state index in [0.717, 1.165) is 94.6 Å². The average Bonchev–Trinajstić information content (AvgIpc) is 1.69. The minimum Gasteiger partial charge on any atom is -0.454 e. The number of Topliss-reactive ketones (excluding diaryl/α,β-unsaturated/α-hetero) is 2. The number of hydrogen-bond donors (Lipinski definition) is 4. The lowest BCUT2D eigenvalue weighted by Crippen LogP contribution is -2.54. The highest BCUT2D eigenvalue weighted by atomic mass is 35.5. The predicted octanol–water partition coefficient (Wildman–Crippen LogP) is 8.95. The highest BCUT2D eigenvalue weighted by molar-refractivity contribution is 8.00. The molecule has 3 saturated heterocycles. The van der Waals surface area contributed by atoms with Gasteiger partial charge in [-0.05, 0) is 75.3 Å². The van der Waals surface area contributed by atoms with Gasteiger partial charge in [0.05, 0.1) is 156 Å². The molecule has 2 unspecified atom stereocenters. The first-order valence-corrected chi connectivity index (χ1v) is 47.6. The first-order valence-electron chi connectivity index (χ1n) is 46.2. The van der Waals surface area contributed by atoms with Crippen LogP contribution in [-0.2, 0) is 100.0 Å². The van der Waals surface area contributed by atoms with Crippen molar-refractivity contribution < 1.29 is 105 Å². The number of methoxy groups -OCH3 is 1. The number of aliphatic imine (C=N–C) groups is 1. The number of fused-ring (bicyclic) bond motifs is 2. The summed E-state index contributed by atoms with van der Waals surface area (Å²) in [6.45, 7) is 22.8. The number of amidine groups is 1. The molecule has 125 heavy (non-hydrogen) atoms. The molecule has 4 fully saturated rings. The Morgan fingerprint density at radius 2 is 1.05 bits per heavy atom. The number of likely N-dealkylation sites (tertiary alicyclic amines) is 1. The first kappa shape index (κ1) is 107. The summed E-state index contributed by atoms with van der Waals surface area (Å²) in [5.41, 5.74) is 7.04. The number of para-hydroxylation sites is 2.